The average molecular weight is 343 g/mol. The zero-order valence-corrected chi connectivity index (χ0v) is 14.7. The van der Waals surface area contributed by atoms with Crippen LogP contribution in [0.4, 0.5) is 0 Å². The van der Waals surface area contributed by atoms with Gasteiger partial charge in [-0.25, -0.2) is 4.98 Å². The molecule has 0 N–H and O–H groups in total. The number of carbonyl (C=O) groups excluding carboxylic acids is 1. The van der Waals surface area contributed by atoms with E-state index in [1.54, 1.807) is 0 Å². The molecule has 6 heteroatoms. The van der Waals surface area contributed by atoms with E-state index < -0.39 is 0 Å². The van der Waals surface area contributed by atoms with E-state index >= 15 is 0 Å². The second-order valence-corrected chi connectivity index (χ2v) is 7.12. The monoisotopic (exact) mass is 343 g/mol. The van der Waals surface area contributed by atoms with Crippen molar-refractivity contribution in [2.45, 2.75) is 31.8 Å². The number of rotatable bonds is 3. The summed E-state index contributed by atoms with van der Waals surface area (Å²) in [6.45, 7) is 6.32. The number of amides is 1. The molecule has 0 saturated carbocycles. The van der Waals surface area contributed by atoms with E-state index in [2.05, 4.69) is 9.88 Å². The molecule has 1 amide bonds. The summed E-state index contributed by atoms with van der Waals surface area (Å²) in [7, 11) is 0. The van der Waals surface area contributed by atoms with Crippen LogP contribution in [0.3, 0.4) is 0 Å². The molecule has 2 aromatic rings. The van der Waals surface area contributed by atoms with Crippen molar-refractivity contribution in [2.75, 3.05) is 39.3 Å². The van der Waals surface area contributed by atoms with Crippen LogP contribution < -0.4 is 0 Å². The van der Waals surface area contributed by atoms with E-state index in [1.807, 2.05) is 36.1 Å². The van der Waals surface area contributed by atoms with Crippen LogP contribution in [0, 0.1) is 0 Å². The van der Waals surface area contributed by atoms with Gasteiger partial charge in [0.25, 0.3) is 0 Å². The van der Waals surface area contributed by atoms with Crippen molar-refractivity contribution >= 4 is 17.0 Å². The Morgan fingerprint density at radius 1 is 1.28 bits per heavy atom. The molecule has 6 nitrogen and oxygen atoms in total. The molecular weight excluding hydrogens is 318 g/mol. The molecule has 2 unspecified atom stereocenters. The zero-order chi connectivity index (χ0) is 17.2. The number of fused-ring (bicyclic) bond motifs is 1. The summed E-state index contributed by atoms with van der Waals surface area (Å²) < 4.78 is 11.5. The Morgan fingerprint density at radius 3 is 3.00 bits per heavy atom. The quantitative estimate of drug-likeness (QED) is 0.855. The number of hydrogen-bond donors (Lipinski definition) is 0. The van der Waals surface area contributed by atoms with Crippen molar-refractivity contribution in [1.82, 2.24) is 14.8 Å². The topological polar surface area (TPSA) is 58.8 Å². The first-order chi connectivity index (χ1) is 12.2. The van der Waals surface area contributed by atoms with Crippen LogP contribution >= 0.6 is 0 Å². The fourth-order valence-corrected chi connectivity index (χ4v) is 3.80. The highest BCUT2D eigenvalue weighted by Crippen LogP contribution is 2.28. The predicted octanol–water partition coefficient (Wildman–Crippen LogP) is 2.25. The van der Waals surface area contributed by atoms with Crippen molar-refractivity contribution in [2.24, 2.45) is 0 Å². The number of carbonyl (C=O) groups is 1. The van der Waals surface area contributed by atoms with Gasteiger partial charge in [-0.3, -0.25) is 9.69 Å². The van der Waals surface area contributed by atoms with E-state index in [9.17, 15) is 4.79 Å². The number of nitrogens with zero attached hydrogens (tertiary/aromatic N) is 3. The molecule has 0 radical (unpaired) electrons. The fourth-order valence-electron chi connectivity index (χ4n) is 3.80. The molecule has 3 heterocycles. The Labute approximate surface area is 147 Å². The number of ether oxygens (including phenoxy) is 1. The Bertz CT molecular complexity index is 711. The lowest BCUT2D eigenvalue weighted by atomic mass is 9.98. The van der Waals surface area contributed by atoms with Gasteiger partial charge in [0.15, 0.2) is 11.5 Å². The highest BCUT2D eigenvalue weighted by atomic mass is 16.5. The maximum Gasteiger partial charge on any atom is 0.236 e. The summed E-state index contributed by atoms with van der Waals surface area (Å²) in [5.74, 6) is 1.27. The molecule has 25 heavy (non-hydrogen) atoms. The molecule has 2 atom stereocenters. The first kappa shape index (κ1) is 16.5. The summed E-state index contributed by atoms with van der Waals surface area (Å²) in [5, 5.41) is 0. The minimum absolute atomic E-state index is 0.131. The van der Waals surface area contributed by atoms with Gasteiger partial charge in [0.1, 0.15) is 5.52 Å². The minimum Gasteiger partial charge on any atom is -0.440 e. The number of benzene rings is 1. The summed E-state index contributed by atoms with van der Waals surface area (Å²) in [6, 6.07) is 7.87. The first-order valence-electron chi connectivity index (χ1n) is 9.16. The average Bonchev–Trinajstić information content (AvgIpc) is 3.06. The lowest BCUT2D eigenvalue weighted by Crippen LogP contribution is -2.49. The molecular formula is C19H25N3O3. The van der Waals surface area contributed by atoms with Crippen molar-refractivity contribution in [3.63, 3.8) is 0 Å². The standard InChI is InChI=1S/C19H25N3O3/c1-14-11-22(9-10-24-14)18(23)13-21-8-4-5-15(12-21)19-20-16-6-2-3-7-17(16)25-19/h2-3,6-7,14-15H,4-5,8-13H2,1H3. The maximum absolute atomic E-state index is 12.6. The van der Waals surface area contributed by atoms with Gasteiger partial charge >= 0.3 is 0 Å². The van der Waals surface area contributed by atoms with Crippen molar-refractivity contribution in [1.29, 1.82) is 0 Å². The lowest BCUT2D eigenvalue weighted by Gasteiger charge is -2.35. The highest BCUT2D eigenvalue weighted by Gasteiger charge is 2.28. The van der Waals surface area contributed by atoms with E-state index in [-0.39, 0.29) is 17.9 Å². The maximum atomic E-state index is 12.6. The van der Waals surface area contributed by atoms with Gasteiger partial charge in [0, 0.05) is 25.6 Å². The fraction of sp³-hybridized carbons (Fsp3) is 0.579. The lowest BCUT2D eigenvalue weighted by molar-refractivity contribution is -0.139. The normalized spacial score (nSPS) is 25.4. The van der Waals surface area contributed by atoms with E-state index in [4.69, 9.17) is 9.15 Å². The van der Waals surface area contributed by atoms with Crippen LogP contribution in [-0.2, 0) is 9.53 Å². The molecule has 1 aromatic carbocycles. The molecule has 0 aliphatic carbocycles. The number of morpholine rings is 1. The van der Waals surface area contributed by atoms with Gasteiger partial charge in [-0.05, 0) is 38.4 Å². The van der Waals surface area contributed by atoms with Gasteiger partial charge in [-0.1, -0.05) is 12.1 Å². The van der Waals surface area contributed by atoms with Crippen LogP contribution in [0.25, 0.3) is 11.1 Å². The summed E-state index contributed by atoms with van der Waals surface area (Å²) in [5.41, 5.74) is 1.75. The van der Waals surface area contributed by atoms with Gasteiger partial charge < -0.3 is 14.1 Å². The van der Waals surface area contributed by atoms with Crippen LogP contribution in [0.1, 0.15) is 31.6 Å². The van der Waals surface area contributed by atoms with Gasteiger partial charge in [-0.15, -0.1) is 0 Å². The largest absolute Gasteiger partial charge is 0.440 e. The highest BCUT2D eigenvalue weighted by molar-refractivity contribution is 5.78. The number of hydrogen-bond acceptors (Lipinski definition) is 5. The van der Waals surface area contributed by atoms with Crippen molar-refractivity contribution in [3.8, 4) is 0 Å². The van der Waals surface area contributed by atoms with Crippen LogP contribution in [0.5, 0.6) is 0 Å². The molecule has 0 bridgehead atoms. The molecule has 2 aliphatic heterocycles. The molecule has 2 fully saturated rings. The number of likely N-dealkylation sites (tertiary alicyclic amines) is 1. The van der Waals surface area contributed by atoms with Gasteiger partial charge in [-0.2, -0.15) is 0 Å². The third kappa shape index (κ3) is 3.70. The molecule has 4 rings (SSSR count). The zero-order valence-electron chi connectivity index (χ0n) is 14.7. The number of para-hydroxylation sites is 2. The SMILES string of the molecule is CC1CN(C(=O)CN2CCCC(c3nc4ccccc4o3)C2)CCO1. The van der Waals surface area contributed by atoms with E-state index in [0.29, 0.717) is 26.2 Å². The summed E-state index contributed by atoms with van der Waals surface area (Å²) >= 11 is 0. The minimum atomic E-state index is 0.131. The van der Waals surface area contributed by atoms with Crippen LogP contribution in [0.2, 0.25) is 0 Å². The van der Waals surface area contributed by atoms with Crippen LogP contribution in [0.15, 0.2) is 28.7 Å². The number of aromatic nitrogens is 1. The third-order valence-corrected chi connectivity index (χ3v) is 5.12. The van der Waals surface area contributed by atoms with Gasteiger partial charge in [0.2, 0.25) is 5.91 Å². The second kappa shape index (κ2) is 7.14. The molecule has 1 aromatic heterocycles. The third-order valence-electron chi connectivity index (χ3n) is 5.12. The first-order valence-corrected chi connectivity index (χ1v) is 9.16. The van der Waals surface area contributed by atoms with E-state index in [0.717, 1.165) is 42.9 Å². The Balaban J connectivity index is 1.39. The molecule has 2 saturated heterocycles. The summed E-state index contributed by atoms with van der Waals surface area (Å²) in [4.78, 5) is 21.4. The molecule has 0 spiro atoms. The summed E-state index contributed by atoms with van der Waals surface area (Å²) in [6.07, 6.45) is 2.26. The predicted molar refractivity (Wildman–Crippen MR) is 94.4 cm³/mol. The Kier molecular flexibility index (Phi) is 4.72. The number of piperidine rings is 1. The Hall–Kier alpha value is -1.92. The van der Waals surface area contributed by atoms with Crippen LogP contribution in [-0.4, -0.2) is 66.1 Å². The molecule has 134 valence electrons. The van der Waals surface area contributed by atoms with Crippen molar-refractivity contribution < 1.29 is 13.9 Å². The van der Waals surface area contributed by atoms with Crippen molar-refractivity contribution in [3.05, 3.63) is 30.2 Å². The molecule has 2 aliphatic rings. The van der Waals surface area contributed by atoms with Gasteiger partial charge in [0.05, 0.1) is 19.3 Å². The Morgan fingerprint density at radius 2 is 2.16 bits per heavy atom. The smallest absolute Gasteiger partial charge is 0.236 e. The number of oxazole rings is 1. The second-order valence-electron chi connectivity index (χ2n) is 7.12. The van der Waals surface area contributed by atoms with E-state index in [1.165, 1.54) is 0 Å².